The fraction of sp³-hybridized carbons (Fsp3) is 0.321. The normalized spacial score (nSPS) is 12.7. The number of hydrogen-bond donors (Lipinski definition) is 3. The number of hydrogen-bond acceptors (Lipinski definition) is 6. The molecule has 0 saturated carbocycles. The number of aryl methyl sites for hydroxylation is 1. The topological polar surface area (TPSA) is 97.4 Å². The Morgan fingerprint density at radius 3 is 2.74 bits per heavy atom. The Bertz CT molecular complexity index is 1260. The van der Waals surface area contributed by atoms with E-state index in [1.165, 1.54) is 0 Å². The second kappa shape index (κ2) is 11.1. The fourth-order valence-corrected chi connectivity index (χ4v) is 5.03. The highest BCUT2D eigenvalue weighted by molar-refractivity contribution is 7.13. The molecule has 2 aromatic carbocycles. The van der Waals surface area contributed by atoms with Crippen LogP contribution in [-0.2, 0) is 17.6 Å². The number of thiophene rings is 1. The number of aliphatic carboxylic acids is 1. The largest absolute Gasteiger partial charge is 0.550 e. The molecule has 0 aliphatic heterocycles. The summed E-state index contributed by atoms with van der Waals surface area (Å²) in [4.78, 5) is 15.3. The Labute approximate surface area is 209 Å². The first kappa shape index (κ1) is 25.0. The van der Waals surface area contributed by atoms with Crippen molar-refractivity contribution in [2.24, 2.45) is 0 Å². The Kier molecular flexibility index (Phi) is 7.90. The molecule has 0 fully saturated rings. The highest BCUT2D eigenvalue weighted by Gasteiger charge is 2.22. The maximum absolute atomic E-state index is 10.9. The number of aliphatic hydroxyl groups is 1. The van der Waals surface area contributed by atoms with E-state index < -0.39 is 12.1 Å². The summed E-state index contributed by atoms with van der Waals surface area (Å²) in [7, 11) is 0. The summed E-state index contributed by atoms with van der Waals surface area (Å²) in [5.41, 5.74) is 3.84. The van der Waals surface area contributed by atoms with Crippen LogP contribution in [0.2, 0.25) is 0 Å². The van der Waals surface area contributed by atoms with Gasteiger partial charge in [0.25, 0.3) is 0 Å². The van der Waals surface area contributed by atoms with E-state index in [1.807, 2.05) is 60.1 Å². The summed E-state index contributed by atoms with van der Waals surface area (Å²) < 4.78 is 5.97. The fourth-order valence-electron chi connectivity index (χ4n) is 4.27. The van der Waals surface area contributed by atoms with Crippen molar-refractivity contribution < 1.29 is 19.7 Å². The Balaban J connectivity index is 1.34. The molecule has 0 unspecified atom stereocenters. The standard InChI is InChI=1S/C28H32N2O4S/c1-28(2,15-20-16-29-27-19(12-13-26(32)33)7-5-9-22(20)27)30-17-21(31)18-34-24-10-4-3-8-23(24)25-11-6-14-35-25/h3-11,14,16,21,29-31H,12-13,15,17-18H2,1-2H3,(H,32,33)/p-1/t21-/m0/s1. The number of β-amino-alcohol motifs (C(OH)–C–C–N with tert-alkyl or cyclic N) is 1. The number of aromatic amines is 1. The van der Waals surface area contributed by atoms with E-state index in [2.05, 4.69) is 30.2 Å². The highest BCUT2D eigenvalue weighted by Crippen LogP contribution is 2.33. The Morgan fingerprint density at radius 1 is 1.14 bits per heavy atom. The average molecular weight is 492 g/mol. The SMILES string of the molecule is CC(C)(Cc1c[nH]c2c(CCC(=O)[O-])cccc12)NC[C@H](O)COc1ccccc1-c1cccs1. The van der Waals surface area contributed by atoms with Gasteiger partial charge in [0.15, 0.2) is 0 Å². The summed E-state index contributed by atoms with van der Waals surface area (Å²) in [5, 5.41) is 28.0. The molecular formula is C28H31N2O4S-. The highest BCUT2D eigenvalue weighted by atomic mass is 32.1. The number of ether oxygens (including phenoxy) is 1. The second-order valence-electron chi connectivity index (χ2n) is 9.41. The van der Waals surface area contributed by atoms with Gasteiger partial charge in [-0.2, -0.15) is 0 Å². The predicted molar refractivity (Wildman–Crippen MR) is 139 cm³/mol. The van der Waals surface area contributed by atoms with Gasteiger partial charge in [0.1, 0.15) is 18.5 Å². The number of benzene rings is 2. The maximum Gasteiger partial charge on any atom is 0.128 e. The van der Waals surface area contributed by atoms with E-state index >= 15 is 0 Å². The van der Waals surface area contributed by atoms with Crippen LogP contribution >= 0.6 is 11.3 Å². The van der Waals surface area contributed by atoms with Crippen LogP contribution in [0.1, 0.15) is 31.4 Å². The molecule has 0 aliphatic rings. The number of para-hydroxylation sites is 2. The van der Waals surface area contributed by atoms with Crippen molar-refractivity contribution in [2.75, 3.05) is 13.2 Å². The zero-order valence-electron chi connectivity index (χ0n) is 20.0. The molecule has 4 rings (SSSR count). The van der Waals surface area contributed by atoms with Crippen molar-refractivity contribution in [1.29, 1.82) is 0 Å². The van der Waals surface area contributed by atoms with Crippen molar-refractivity contribution in [3.63, 3.8) is 0 Å². The van der Waals surface area contributed by atoms with Gasteiger partial charge >= 0.3 is 0 Å². The summed E-state index contributed by atoms with van der Waals surface area (Å²) >= 11 is 1.66. The van der Waals surface area contributed by atoms with Gasteiger partial charge in [-0.3, -0.25) is 0 Å². The van der Waals surface area contributed by atoms with E-state index in [4.69, 9.17) is 4.74 Å². The molecular weight excluding hydrogens is 460 g/mol. The number of carbonyl (C=O) groups excluding carboxylic acids is 1. The molecule has 0 amide bonds. The smallest absolute Gasteiger partial charge is 0.128 e. The molecule has 7 heteroatoms. The molecule has 0 radical (unpaired) electrons. The lowest BCUT2D eigenvalue weighted by molar-refractivity contribution is -0.305. The summed E-state index contributed by atoms with van der Waals surface area (Å²) in [6, 6.07) is 17.9. The van der Waals surface area contributed by atoms with Gasteiger partial charge in [-0.05, 0) is 67.8 Å². The lowest BCUT2D eigenvalue weighted by Crippen LogP contribution is -2.46. The molecule has 184 valence electrons. The second-order valence-corrected chi connectivity index (χ2v) is 10.4. The van der Waals surface area contributed by atoms with Crippen LogP contribution in [0.25, 0.3) is 21.3 Å². The molecule has 0 aliphatic carbocycles. The molecule has 35 heavy (non-hydrogen) atoms. The molecule has 4 aromatic rings. The van der Waals surface area contributed by atoms with Crippen LogP contribution < -0.4 is 15.2 Å². The quantitative estimate of drug-likeness (QED) is 0.279. The zero-order valence-corrected chi connectivity index (χ0v) is 20.9. The van der Waals surface area contributed by atoms with Crippen LogP contribution in [-0.4, -0.2) is 40.9 Å². The third-order valence-corrected chi connectivity index (χ3v) is 6.94. The number of fused-ring (bicyclic) bond motifs is 1. The van der Waals surface area contributed by atoms with E-state index in [-0.39, 0.29) is 18.6 Å². The van der Waals surface area contributed by atoms with E-state index in [1.54, 1.807) is 11.3 Å². The first-order valence-electron chi connectivity index (χ1n) is 11.8. The average Bonchev–Trinajstić information content (AvgIpc) is 3.51. The van der Waals surface area contributed by atoms with Gasteiger partial charge in [-0.25, -0.2) is 0 Å². The van der Waals surface area contributed by atoms with Crippen LogP contribution in [0.5, 0.6) is 5.75 Å². The zero-order chi connectivity index (χ0) is 24.8. The first-order valence-corrected chi connectivity index (χ1v) is 12.7. The number of aliphatic hydroxyl groups excluding tert-OH is 1. The first-order chi connectivity index (χ1) is 16.8. The summed E-state index contributed by atoms with van der Waals surface area (Å²) in [6.45, 7) is 4.80. The van der Waals surface area contributed by atoms with Crippen LogP contribution in [0.15, 0.2) is 66.2 Å². The third kappa shape index (κ3) is 6.51. The summed E-state index contributed by atoms with van der Waals surface area (Å²) in [6.07, 6.45) is 2.50. The number of nitrogens with one attached hydrogen (secondary N) is 2. The molecule has 0 bridgehead atoms. The lowest BCUT2D eigenvalue weighted by atomic mass is 9.93. The molecule has 3 N–H and O–H groups in total. The molecule has 0 saturated heterocycles. The molecule has 2 aromatic heterocycles. The molecule has 2 heterocycles. The van der Waals surface area contributed by atoms with Crippen molar-refractivity contribution in [3.05, 3.63) is 77.3 Å². The van der Waals surface area contributed by atoms with Gasteiger partial charge < -0.3 is 30.0 Å². The number of carboxylic acid groups (broad SMARTS) is 1. The Hall–Kier alpha value is -3.13. The lowest BCUT2D eigenvalue weighted by Gasteiger charge is -2.28. The van der Waals surface area contributed by atoms with Gasteiger partial charge in [-0.15, -0.1) is 11.3 Å². The van der Waals surface area contributed by atoms with Crippen molar-refractivity contribution in [1.82, 2.24) is 10.3 Å². The number of carbonyl (C=O) groups is 1. The molecule has 0 spiro atoms. The number of rotatable bonds is 12. The monoisotopic (exact) mass is 491 g/mol. The van der Waals surface area contributed by atoms with Crippen LogP contribution in [0, 0.1) is 0 Å². The minimum absolute atomic E-state index is 0.00171. The van der Waals surface area contributed by atoms with Crippen molar-refractivity contribution in [2.45, 2.75) is 44.8 Å². The van der Waals surface area contributed by atoms with Crippen LogP contribution in [0.3, 0.4) is 0 Å². The van der Waals surface area contributed by atoms with E-state index in [0.29, 0.717) is 13.0 Å². The van der Waals surface area contributed by atoms with Gasteiger partial charge in [-0.1, -0.05) is 36.4 Å². The van der Waals surface area contributed by atoms with Gasteiger partial charge in [0, 0.05) is 45.6 Å². The van der Waals surface area contributed by atoms with E-state index in [9.17, 15) is 15.0 Å². The third-order valence-electron chi connectivity index (χ3n) is 6.04. The molecule has 6 nitrogen and oxygen atoms in total. The van der Waals surface area contributed by atoms with Crippen molar-refractivity contribution >= 4 is 28.2 Å². The number of aromatic nitrogens is 1. The molecule has 1 atom stereocenters. The summed E-state index contributed by atoms with van der Waals surface area (Å²) in [5.74, 6) is -0.279. The van der Waals surface area contributed by atoms with Crippen molar-refractivity contribution in [3.8, 4) is 16.2 Å². The minimum Gasteiger partial charge on any atom is -0.550 e. The van der Waals surface area contributed by atoms with E-state index in [0.717, 1.165) is 44.6 Å². The van der Waals surface area contributed by atoms with Gasteiger partial charge in [0.2, 0.25) is 0 Å². The minimum atomic E-state index is -1.04. The number of carboxylic acids is 1. The predicted octanol–water partition coefficient (Wildman–Crippen LogP) is 3.93. The Morgan fingerprint density at radius 2 is 1.97 bits per heavy atom. The van der Waals surface area contributed by atoms with Gasteiger partial charge in [0.05, 0.1) is 0 Å². The number of H-pyrrole nitrogens is 1. The van der Waals surface area contributed by atoms with Crippen LogP contribution in [0.4, 0.5) is 0 Å². The maximum atomic E-state index is 10.9.